The van der Waals surface area contributed by atoms with Crippen molar-refractivity contribution in [2.24, 2.45) is 0 Å². The van der Waals surface area contributed by atoms with E-state index >= 15 is 0 Å². The van der Waals surface area contributed by atoms with Crippen LogP contribution in [0.5, 0.6) is 0 Å². The van der Waals surface area contributed by atoms with Crippen molar-refractivity contribution in [3.05, 3.63) is 101 Å². The zero-order chi connectivity index (χ0) is 23.2. The zero-order valence-electron chi connectivity index (χ0n) is 20.0. The highest BCUT2D eigenvalue weighted by Crippen LogP contribution is 2.45. The third kappa shape index (κ3) is 3.55. The molecule has 2 atom stereocenters. The van der Waals surface area contributed by atoms with Crippen LogP contribution in [0.2, 0.25) is 0 Å². The van der Waals surface area contributed by atoms with E-state index in [0.29, 0.717) is 6.61 Å². The van der Waals surface area contributed by atoms with E-state index in [-0.39, 0.29) is 24.1 Å². The molecule has 2 aliphatic heterocycles. The SMILES string of the molecule is Cc1ccc(C2=CC3CCCC(C2)N3C(=O)OCC2c3ccccc3-c3ccccc32)cc1C. The largest absolute Gasteiger partial charge is 0.448 e. The van der Waals surface area contributed by atoms with Crippen LogP contribution in [-0.4, -0.2) is 29.7 Å². The summed E-state index contributed by atoms with van der Waals surface area (Å²) in [7, 11) is 0. The first kappa shape index (κ1) is 21.2. The second-order valence-electron chi connectivity index (χ2n) is 10.1. The summed E-state index contributed by atoms with van der Waals surface area (Å²) in [6, 6.07) is 24.1. The lowest BCUT2D eigenvalue weighted by molar-refractivity contribution is 0.0539. The molecule has 2 bridgehead atoms. The molecule has 34 heavy (non-hydrogen) atoms. The Hall–Kier alpha value is -3.33. The van der Waals surface area contributed by atoms with Crippen LogP contribution in [0.4, 0.5) is 4.79 Å². The third-order valence-electron chi connectivity index (χ3n) is 8.06. The predicted octanol–water partition coefficient (Wildman–Crippen LogP) is 7.26. The molecular weight excluding hydrogens is 418 g/mol. The molecule has 3 aromatic carbocycles. The Bertz CT molecular complexity index is 1240. The van der Waals surface area contributed by atoms with E-state index in [2.05, 4.69) is 86.7 Å². The molecule has 1 saturated heterocycles. The predicted molar refractivity (Wildman–Crippen MR) is 137 cm³/mol. The third-order valence-corrected chi connectivity index (χ3v) is 8.06. The fourth-order valence-corrected chi connectivity index (χ4v) is 6.14. The Morgan fingerprint density at radius 3 is 2.29 bits per heavy atom. The van der Waals surface area contributed by atoms with Crippen LogP contribution < -0.4 is 0 Å². The van der Waals surface area contributed by atoms with Crippen molar-refractivity contribution in [1.82, 2.24) is 4.90 Å². The summed E-state index contributed by atoms with van der Waals surface area (Å²) in [5.74, 6) is 0.0996. The van der Waals surface area contributed by atoms with E-state index in [1.807, 2.05) is 4.90 Å². The fraction of sp³-hybridized carbons (Fsp3) is 0.323. The smallest absolute Gasteiger partial charge is 0.410 e. The van der Waals surface area contributed by atoms with Gasteiger partial charge in [0.05, 0.1) is 6.04 Å². The number of benzene rings is 3. The Morgan fingerprint density at radius 1 is 0.912 bits per heavy atom. The Kier molecular flexibility index (Phi) is 5.28. The summed E-state index contributed by atoms with van der Waals surface area (Å²) in [4.78, 5) is 15.4. The van der Waals surface area contributed by atoms with Gasteiger partial charge in [-0.1, -0.05) is 72.8 Å². The van der Waals surface area contributed by atoms with Crippen molar-refractivity contribution in [2.75, 3.05) is 6.61 Å². The van der Waals surface area contributed by atoms with Crippen LogP contribution in [0, 0.1) is 13.8 Å². The van der Waals surface area contributed by atoms with Gasteiger partial charge in [-0.3, -0.25) is 4.90 Å². The van der Waals surface area contributed by atoms with Gasteiger partial charge in [0.1, 0.15) is 6.61 Å². The number of hydrogen-bond acceptors (Lipinski definition) is 2. The molecule has 2 heterocycles. The Balaban J connectivity index is 1.22. The van der Waals surface area contributed by atoms with Gasteiger partial charge in [-0.15, -0.1) is 0 Å². The molecule has 0 spiro atoms. The van der Waals surface area contributed by atoms with E-state index in [0.717, 1.165) is 19.3 Å². The summed E-state index contributed by atoms with van der Waals surface area (Å²) in [5.41, 5.74) is 10.3. The summed E-state index contributed by atoms with van der Waals surface area (Å²) in [6.45, 7) is 4.71. The lowest BCUT2D eigenvalue weighted by Gasteiger charge is -2.44. The van der Waals surface area contributed by atoms with Gasteiger partial charge in [0.15, 0.2) is 0 Å². The second kappa shape index (κ2) is 8.47. The van der Waals surface area contributed by atoms with Gasteiger partial charge in [-0.05, 0) is 84.0 Å². The average molecular weight is 450 g/mol. The summed E-state index contributed by atoms with van der Waals surface area (Å²) < 4.78 is 6.05. The van der Waals surface area contributed by atoms with Gasteiger partial charge < -0.3 is 4.74 Å². The van der Waals surface area contributed by atoms with Crippen LogP contribution in [-0.2, 0) is 4.74 Å². The minimum absolute atomic E-state index is 0.0996. The summed E-state index contributed by atoms with van der Waals surface area (Å²) in [6.07, 6.45) is 6.29. The van der Waals surface area contributed by atoms with Gasteiger partial charge in [0.2, 0.25) is 0 Å². The molecule has 0 saturated carbocycles. The van der Waals surface area contributed by atoms with Crippen LogP contribution in [0.15, 0.2) is 72.8 Å². The van der Waals surface area contributed by atoms with E-state index in [1.165, 1.54) is 50.9 Å². The molecule has 0 radical (unpaired) electrons. The first-order chi connectivity index (χ1) is 16.6. The van der Waals surface area contributed by atoms with Crippen molar-refractivity contribution < 1.29 is 9.53 Å². The number of ether oxygens (including phenoxy) is 1. The normalized spacial score (nSPS) is 21.0. The maximum atomic E-state index is 13.4. The number of fused-ring (bicyclic) bond motifs is 5. The molecule has 3 heteroatoms. The number of rotatable bonds is 3. The number of carbonyl (C=O) groups excluding carboxylic acids is 1. The van der Waals surface area contributed by atoms with Crippen LogP contribution in [0.1, 0.15) is 59.4 Å². The van der Waals surface area contributed by atoms with Gasteiger partial charge in [-0.2, -0.15) is 0 Å². The lowest BCUT2D eigenvalue weighted by Crippen LogP contribution is -2.51. The summed E-state index contributed by atoms with van der Waals surface area (Å²) >= 11 is 0. The average Bonchev–Trinajstić information content (AvgIpc) is 3.17. The molecule has 0 aromatic heterocycles. The molecule has 2 unspecified atom stereocenters. The topological polar surface area (TPSA) is 29.5 Å². The zero-order valence-corrected chi connectivity index (χ0v) is 20.0. The number of aryl methyl sites for hydroxylation is 2. The first-order valence-corrected chi connectivity index (χ1v) is 12.5. The molecule has 3 aromatic rings. The maximum absolute atomic E-state index is 13.4. The Morgan fingerprint density at radius 2 is 1.62 bits per heavy atom. The lowest BCUT2D eigenvalue weighted by atomic mass is 9.82. The van der Waals surface area contributed by atoms with E-state index in [1.54, 1.807) is 0 Å². The minimum Gasteiger partial charge on any atom is -0.448 e. The number of nitrogens with zero attached hydrogens (tertiary/aromatic N) is 1. The van der Waals surface area contributed by atoms with Crippen molar-refractivity contribution >= 4 is 11.7 Å². The number of carbonyl (C=O) groups is 1. The highest BCUT2D eigenvalue weighted by atomic mass is 16.6. The van der Waals surface area contributed by atoms with E-state index < -0.39 is 0 Å². The van der Waals surface area contributed by atoms with Crippen molar-refractivity contribution in [3.63, 3.8) is 0 Å². The molecule has 1 fully saturated rings. The molecule has 3 aliphatic rings. The van der Waals surface area contributed by atoms with Gasteiger partial charge in [0, 0.05) is 12.0 Å². The van der Waals surface area contributed by atoms with Crippen LogP contribution in [0.3, 0.4) is 0 Å². The molecule has 0 N–H and O–H groups in total. The number of amides is 1. The van der Waals surface area contributed by atoms with Gasteiger partial charge >= 0.3 is 6.09 Å². The standard InChI is InChI=1S/C31H31NO2/c1-20-14-15-22(16-21(20)2)23-17-24-8-7-9-25(18-23)32(24)31(33)34-19-30-28-12-5-3-10-26(28)27-11-4-6-13-29(27)30/h3-6,10-17,24-25,30H,7-9,18-19H2,1-2H3. The first-order valence-electron chi connectivity index (χ1n) is 12.5. The van der Waals surface area contributed by atoms with Crippen molar-refractivity contribution in [3.8, 4) is 11.1 Å². The fourth-order valence-electron chi connectivity index (χ4n) is 6.14. The maximum Gasteiger partial charge on any atom is 0.410 e. The van der Waals surface area contributed by atoms with Crippen LogP contribution in [0.25, 0.3) is 16.7 Å². The molecule has 172 valence electrons. The van der Waals surface area contributed by atoms with Crippen molar-refractivity contribution in [2.45, 2.75) is 57.5 Å². The monoisotopic (exact) mass is 449 g/mol. The molecule has 1 aliphatic carbocycles. The van der Waals surface area contributed by atoms with E-state index in [4.69, 9.17) is 4.74 Å². The quantitative estimate of drug-likeness (QED) is 0.421. The van der Waals surface area contributed by atoms with Crippen molar-refractivity contribution in [1.29, 1.82) is 0 Å². The highest BCUT2D eigenvalue weighted by molar-refractivity contribution is 5.79. The molecule has 6 rings (SSSR count). The molecular formula is C31H31NO2. The van der Waals surface area contributed by atoms with Crippen LogP contribution >= 0.6 is 0 Å². The number of hydrogen-bond donors (Lipinski definition) is 0. The van der Waals surface area contributed by atoms with Gasteiger partial charge in [0.25, 0.3) is 0 Å². The number of piperidine rings is 1. The van der Waals surface area contributed by atoms with E-state index in [9.17, 15) is 4.79 Å². The second-order valence-corrected chi connectivity index (χ2v) is 10.1. The minimum atomic E-state index is -0.160. The molecule has 1 amide bonds. The summed E-state index contributed by atoms with van der Waals surface area (Å²) in [5, 5.41) is 0. The molecule has 3 nitrogen and oxygen atoms in total. The highest BCUT2D eigenvalue weighted by Gasteiger charge is 2.39. The Labute approximate surface area is 202 Å². The van der Waals surface area contributed by atoms with Gasteiger partial charge in [-0.25, -0.2) is 4.79 Å².